The van der Waals surface area contributed by atoms with E-state index in [1.807, 2.05) is 29.3 Å². The fourth-order valence-corrected chi connectivity index (χ4v) is 3.42. The molecule has 1 heterocycles. The Morgan fingerprint density at radius 1 is 1.12 bits per heavy atom. The molecule has 1 aromatic carbocycles. The van der Waals surface area contributed by atoms with Crippen molar-refractivity contribution in [3.8, 4) is 0 Å². The average Bonchev–Trinajstić information content (AvgIpc) is 3.13. The Hall–Kier alpha value is -1.60. The van der Waals surface area contributed by atoms with E-state index in [2.05, 4.69) is 10.6 Å². The summed E-state index contributed by atoms with van der Waals surface area (Å²) >= 11 is 13.7. The Labute approximate surface area is 167 Å². The van der Waals surface area contributed by atoms with Gasteiger partial charge in [-0.1, -0.05) is 42.3 Å². The maximum Gasteiger partial charge on any atom is 0.234 e. The summed E-state index contributed by atoms with van der Waals surface area (Å²) in [5, 5.41) is 8.38. The standard InChI is InChI=1S/C18H21Cl2N3O2S/c1-2-23(12-17(25)21-11-13-5-4-10-26-13)9-8-16(24)22-18-14(19)6-3-7-15(18)20/h3-7,10H,2,8-9,11-12H2,1H3,(H,21,25)(H,22,24). The molecule has 1 aromatic heterocycles. The number of nitrogens with one attached hydrogen (secondary N) is 2. The lowest BCUT2D eigenvalue weighted by Gasteiger charge is -2.19. The molecule has 140 valence electrons. The van der Waals surface area contributed by atoms with Gasteiger partial charge in [0.15, 0.2) is 0 Å². The fourth-order valence-electron chi connectivity index (χ4n) is 2.29. The SMILES string of the molecule is CCN(CCC(=O)Nc1c(Cl)cccc1Cl)CC(=O)NCc1cccs1. The summed E-state index contributed by atoms with van der Waals surface area (Å²) in [7, 11) is 0. The van der Waals surface area contributed by atoms with Crippen LogP contribution in [-0.4, -0.2) is 36.3 Å². The normalized spacial score (nSPS) is 10.8. The highest BCUT2D eigenvalue weighted by molar-refractivity contribution is 7.09. The van der Waals surface area contributed by atoms with Crippen molar-refractivity contribution in [2.75, 3.05) is 25.0 Å². The van der Waals surface area contributed by atoms with Crippen molar-refractivity contribution in [1.82, 2.24) is 10.2 Å². The van der Waals surface area contributed by atoms with E-state index in [9.17, 15) is 9.59 Å². The van der Waals surface area contributed by atoms with Gasteiger partial charge in [-0.15, -0.1) is 11.3 Å². The van der Waals surface area contributed by atoms with E-state index >= 15 is 0 Å². The number of carbonyl (C=O) groups is 2. The zero-order chi connectivity index (χ0) is 18.9. The van der Waals surface area contributed by atoms with Gasteiger partial charge in [-0.05, 0) is 30.1 Å². The van der Waals surface area contributed by atoms with Crippen LogP contribution in [0.15, 0.2) is 35.7 Å². The monoisotopic (exact) mass is 413 g/mol. The molecule has 2 amide bonds. The van der Waals surface area contributed by atoms with E-state index in [0.29, 0.717) is 35.4 Å². The Balaban J connectivity index is 1.76. The number of halogens is 2. The summed E-state index contributed by atoms with van der Waals surface area (Å²) in [4.78, 5) is 27.2. The molecule has 0 bridgehead atoms. The molecule has 8 heteroatoms. The minimum atomic E-state index is -0.197. The van der Waals surface area contributed by atoms with Crippen LogP contribution in [0.3, 0.4) is 0 Å². The molecule has 0 atom stereocenters. The van der Waals surface area contributed by atoms with Crippen LogP contribution < -0.4 is 10.6 Å². The van der Waals surface area contributed by atoms with Crippen LogP contribution in [0.2, 0.25) is 10.0 Å². The predicted octanol–water partition coefficient (Wildman–Crippen LogP) is 4.02. The van der Waals surface area contributed by atoms with Crippen molar-refractivity contribution in [3.63, 3.8) is 0 Å². The number of carbonyl (C=O) groups excluding carboxylic acids is 2. The molecule has 0 fully saturated rings. The first-order chi connectivity index (χ1) is 12.5. The molecule has 0 spiro atoms. The summed E-state index contributed by atoms with van der Waals surface area (Å²) in [6.45, 7) is 3.88. The van der Waals surface area contributed by atoms with Gasteiger partial charge < -0.3 is 10.6 Å². The molecular weight excluding hydrogens is 393 g/mol. The molecule has 26 heavy (non-hydrogen) atoms. The predicted molar refractivity (Wildman–Crippen MR) is 108 cm³/mol. The van der Waals surface area contributed by atoms with E-state index in [0.717, 1.165) is 4.88 Å². The van der Waals surface area contributed by atoms with Crippen LogP contribution in [0.5, 0.6) is 0 Å². The first-order valence-corrected chi connectivity index (χ1v) is 9.88. The number of anilines is 1. The van der Waals surface area contributed by atoms with Gasteiger partial charge in [0, 0.05) is 17.8 Å². The molecule has 2 aromatic rings. The fraction of sp³-hybridized carbons (Fsp3) is 0.333. The summed E-state index contributed by atoms with van der Waals surface area (Å²) in [6.07, 6.45) is 0.244. The third kappa shape index (κ3) is 6.61. The van der Waals surface area contributed by atoms with Gasteiger partial charge in [0.1, 0.15) is 0 Å². The highest BCUT2D eigenvalue weighted by Gasteiger charge is 2.13. The topological polar surface area (TPSA) is 61.4 Å². The van der Waals surface area contributed by atoms with Gasteiger partial charge in [0.25, 0.3) is 0 Å². The summed E-state index contributed by atoms with van der Waals surface area (Å²) in [5.74, 6) is -0.257. The number of rotatable bonds is 9. The minimum Gasteiger partial charge on any atom is -0.350 e. The highest BCUT2D eigenvalue weighted by atomic mass is 35.5. The third-order valence-corrected chi connectivity index (χ3v) is 5.24. The Bertz CT molecular complexity index is 718. The van der Waals surface area contributed by atoms with Crippen molar-refractivity contribution < 1.29 is 9.59 Å². The molecule has 0 saturated heterocycles. The maximum absolute atomic E-state index is 12.1. The van der Waals surface area contributed by atoms with E-state index < -0.39 is 0 Å². The largest absolute Gasteiger partial charge is 0.350 e. The highest BCUT2D eigenvalue weighted by Crippen LogP contribution is 2.29. The van der Waals surface area contributed by atoms with Crippen LogP contribution in [0, 0.1) is 0 Å². The number of hydrogen-bond acceptors (Lipinski definition) is 4. The van der Waals surface area contributed by atoms with Gasteiger partial charge in [-0.25, -0.2) is 0 Å². The number of nitrogens with zero attached hydrogens (tertiary/aromatic N) is 1. The zero-order valence-electron chi connectivity index (χ0n) is 14.4. The minimum absolute atomic E-state index is 0.0604. The lowest BCUT2D eigenvalue weighted by atomic mass is 10.3. The summed E-state index contributed by atoms with van der Waals surface area (Å²) < 4.78 is 0. The molecular formula is C18H21Cl2N3O2S. The Morgan fingerprint density at radius 3 is 2.46 bits per heavy atom. The summed E-state index contributed by atoms with van der Waals surface area (Å²) in [6, 6.07) is 8.98. The second-order valence-corrected chi connectivity index (χ2v) is 7.47. The Morgan fingerprint density at radius 2 is 1.85 bits per heavy atom. The number of para-hydroxylation sites is 1. The second-order valence-electron chi connectivity index (χ2n) is 5.62. The first kappa shape index (κ1) is 20.7. The van der Waals surface area contributed by atoms with Crippen LogP contribution in [-0.2, 0) is 16.1 Å². The van der Waals surface area contributed by atoms with E-state index in [1.54, 1.807) is 29.5 Å². The molecule has 0 aliphatic rings. The van der Waals surface area contributed by atoms with Crippen molar-refractivity contribution >= 4 is 52.0 Å². The van der Waals surface area contributed by atoms with Crippen LogP contribution in [0.1, 0.15) is 18.2 Å². The summed E-state index contributed by atoms with van der Waals surface area (Å²) in [5.41, 5.74) is 0.414. The van der Waals surface area contributed by atoms with Crippen molar-refractivity contribution in [2.24, 2.45) is 0 Å². The maximum atomic E-state index is 12.1. The smallest absolute Gasteiger partial charge is 0.234 e. The number of amides is 2. The lowest BCUT2D eigenvalue weighted by molar-refractivity contribution is -0.123. The van der Waals surface area contributed by atoms with Crippen molar-refractivity contribution in [2.45, 2.75) is 19.9 Å². The van der Waals surface area contributed by atoms with E-state index in [-0.39, 0.29) is 24.8 Å². The average molecular weight is 414 g/mol. The second kappa shape index (κ2) is 10.5. The number of hydrogen-bond donors (Lipinski definition) is 2. The van der Waals surface area contributed by atoms with E-state index in [4.69, 9.17) is 23.2 Å². The molecule has 0 aliphatic carbocycles. The van der Waals surface area contributed by atoms with Gasteiger partial charge in [-0.2, -0.15) is 0 Å². The van der Waals surface area contributed by atoms with Gasteiger partial charge in [0.05, 0.1) is 28.8 Å². The molecule has 0 unspecified atom stereocenters. The quantitative estimate of drug-likeness (QED) is 0.652. The van der Waals surface area contributed by atoms with Crippen LogP contribution in [0.4, 0.5) is 5.69 Å². The molecule has 0 radical (unpaired) electrons. The number of likely N-dealkylation sites (N-methyl/N-ethyl adjacent to an activating group) is 1. The third-order valence-electron chi connectivity index (χ3n) is 3.74. The van der Waals surface area contributed by atoms with Crippen molar-refractivity contribution in [3.05, 3.63) is 50.6 Å². The van der Waals surface area contributed by atoms with Crippen LogP contribution in [0.25, 0.3) is 0 Å². The molecule has 0 saturated carbocycles. The number of thiophene rings is 1. The molecule has 2 N–H and O–H groups in total. The lowest BCUT2D eigenvalue weighted by Crippen LogP contribution is -2.38. The van der Waals surface area contributed by atoms with E-state index in [1.165, 1.54) is 0 Å². The van der Waals surface area contributed by atoms with Crippen LogP contribution >= 0.6 is 34.5 Å². The number of benzene rings is 1. The molecule has 5 nitrogen and oxygen atoms in total. The van der Waals surface area contributed by atoms with Crippen molar-refractivity contribution in [1.29, 1.82) is 0 Å². The molecule has 2 rings (SSSR count). The zero-order valence-corrected chi connectivity index (χ0v) is 16.8. The van der Waals surface area contributed by atoms with Gasteiger partial charge >= 0.3 is 0 Å². The molecule has 0 aliphatic heterocycles. The first-order valence-electron chi connectivity index (χ1n) is 8.25. The van der Waals surface area contributed by atoms with Gasteiger partial charge in [-0.3, -0.25) is 14.5 Å². The Kier molecular flexibility index (Phi) is 8.38. The van der Waals surface area contributed by atoms with Gasteiger partial charge in [0.2, 0.25) is 11.8 Å².